The van der Waals surface area contributed by atoms with Gasteiger partial charge in [-0.3, -0.25) is 4.79 Å². The summed E-state index contributed by atoms with van der Waals surface area (Å²) in [6.45, 7) is 9.39. The first-order valence-corrected chi connectivity index (χ1v) is 9.66. The number of hydrogen-bond donors (Lipinski definition) is 0. The van der Waals surface area contributed by atoms with Crippen LogP contribution in [0, 0.1) is 0 Å². The summed E-state index contributed by atoms with van der Waals surface area (Å²) in [6.07, 6.45) is 0.930. The van der Waals surface area contributed by atoms with Crippen molar-refractivity contribution in [2.45, 2.75) is 26.8 Å². The minimum absolute atomic E-state index is 0.146. The van der Waals surface area contributed by atoms with Crippen molar-refractivity contribution in [2.24, 2.45) is 0 Å². The van der Waals surface area contributed by atoms with Gasteiger partial charge in [-0.1, -0.05) is 32.0 Å². The number of nitrogens with zero attached hydrogens (tertiary/aromatic N) is 3. The molecule has 0 aliphatic carbocycles. The van der Waals surface area contributed by atoms with Gasteiger partial charge in [-0.2, -0.15) is 0 Å². The van der Waals surface area contributed by atoms with Gasteiger partial charge in [0.15, 0.2) is 0 Å². The second kappa shape index (κ2) is 6.76. The summed E-state index contributed by atoms with van der Waals surface area (Å²) in [5, 5.41) is 2.55. The molecule has 0 N–H and O–H groups in total. The van der Waals surface area contributed by atoms with E-state index in [0.717, 1.165) is 44.7 Å². The zero-order valence-corrected chi connectivity index (χ0v) is 16.0. The zero-order chi connectivity index (χ0) is 18.3. The molecule has 0 atom stereocenters. The minimum atomic E-state index is 0.146. The molecule has 0 spiro atoms. The van der Waals surface area contributed by atoms with E-state index < -0.39 is 0 Å². The number of amides is 1. The van der Waals surface area contributed by atoms with Crippen LogP contribution < -0.4 is 0 Å². The molecule has 1 aliphatic heterocycles. The normalized spacial score (nSPS) is 14.6. The summed E-state index contributed by atoms with van der Waals surface area (Å²) in [5.41, 5.74) is 4.63. The molecule has 0 saturated heterocycles. The van der Waals surface area contributed by atoms with Gasteiger partial charge in [0.25, 0.3) is 5.91 Å². The summed E-state index contributed by atoms with van der Waals surface area (Å²) in [4.78, 5) is 16.9. The molecule has 0 bridgehead atoms. The monoisotopic (exact) mass is 349 g/mol. The Balaban J connectivity index is 1.91. The van der Waals surface area contributed by atoms with Gasteiger partial charge < -0.3 is 14.4 Å². The molecular formula is C22H27N3O. The summed E-state index contributed by atoms with van der Waals surface area (Å²) in [6, 6.07) is 12.8. The zero-order valence-electron chi connectivity index (χ0n) is 16.0. The fourth-order valence-electron chi connectivity index (χ4n) is 4.28. The number of carbonyl (C=O) groups is 1. The van der Waals surface area contributed by atoms with Crippen LogP contribution in [0.4, 0.5) is 0 Å². The Morgan fingerprint density at radius 2 is 1.81 bits per heavy atom. The second-order valence-corrected chi connectivity index (χ2v) is 7.16. The van der Waals surface area contributed by atoms with Crippen molar-refractivity contribution in [1.82, 2.24) is 14.4 Å². The molecule has 4 heteroatoms. The highest BCUT2D eigenvalue weighted by Gasteiger charge is 2.25. The van der Waals surface area contributed by atoms with E-state index in [1.54, 1.807) is 0 Å². The number of benzene rings is 2. The first-order valence-electron chi connectivity index (χ1n) is 9.66. The highest BCUT2D eigenvalue weighted by atomic mass is 16.2. The smallest absolute Gasteiger partial charge is 0.253 e. The van der Waals surface area contributed by atoms with Crippen LogP contribution in [0.1, 0.15) is 29.8 Å². The predicted molar refractivity (Wildman–Crippen MR) is 108 cm³/mol. The van der Waals surface area contributed by atoms with Crippen molar-refractivity contribution < 1.29 is 4.79 Å². The van der Waals surface area contributed by atoms with Crippen molar-refractivity contribution in [3.63, 3.8) is 0 Å². The Morgan fingerprint density at radius 1 is 1.04 bits per heavy atom. The Kier molecular flexibility index (Phi) is 4.45. The molecule has 4 rings (SSSR count). The third-order valence-electron chi connectivity index (χ3n) is 5.85. The number of aromatic nitrogens is 1. The molecule has 0 saturated carbocycles. The van der Waals surface area contributed by atoms with Gasteiger partial charge in [0.2, 0.25) is 0 Å². The molecule has 1 aliphatic rings. The molecule has 2 aromatic carbocycles. The second-order valence-electron chi connectivity index (χ2n) is 7.16. The first-order chi connectivity index (χ1) is 12.7. The number of para-hydroxylation sites is 1. The molecule has 3 aromatic rings. The van der Waals surface area contributed by atoms with Gasteiger partial charge in [-0.15, -0.1) is 0 Å². The van der Waals surface area contributed by atoms with Crippen LogP contribution in [0.2, 0.25) is 0 Å². The maximum absolute atomic E-state index is 12.6. The standard InChI is InChI=1S/C22H27N3O/c1-4-24(5-2)14-15-25-19-9-7-6-8-18(19)21-16-12-13-23(3)22(26)17(16)10-11-20(21)25/h6-11H,4-5,12-15H2,1-3H3. The Bertz CT molecular complexity index is 968. The maximum atomic E-state index is 12.6. The Hall–Kier alpha value is -2.33. The van der Waals surface area contributed by atoms with Crippen LogP contribution in [0.5, 0.6) is 0 Å². The Morgan fingerprint density at radius 3 is 2.58 bits per heavy atom. The molecule has 0 fully saturated rings. The Labute approximate surface area is 155 Å². The van der Waals surface area contributed by atoms with E-state index >= 15 is 0 Å². The van der Waals surface area contributed by atoms with Gasteiger partial charge in [0, 0.05) is 54.1 Å². The van der Waals surface area contributed by atoms with E-state index in [1.807, 2.05) is 18.0 Å². The van der Waals surface area contributed by atoms with Crippen molar-refractivity contribution in [1.29, 1.82) is 0 Å². The number of carbonyl (C=O) groups excluding carboxylic acids is 1. The topological polar surface area (TPSA) is 28.5 Å². The quantitative estimate of drug-likeness (QED) is 0.702. The van der Waals surface area contributed by atoms with E-state index in [2.05, 4.69) is 53.6 Å². The molecular weight excluding hydrogens is 322 g/mol. The predicted octanol–water partition coefficient (Wildman–Crippen LogP) is 3.76. The van der Waals surface area contributed by atoms with E-state index in [1.165, 1.54) is 27.4 Å². The number of rotatable bonds is 5. The molecule has 26 heavy (non-hydrogen) atoms. The molecule has 2 heterocycles. The van der Waals surface area contributed by atoms with Gasteiger partial charge >= 0.3 is 0 Å². The summed E-state index contributed by atoms with van der Waals surface area (Å²) in [5.74, 6) is 0.146. The highest BCUT2D eigenvalue weighted by Crippen LogP contribution is 2.35. The molecule has 4 nitrogen and oxygen atoms in total. The van der Waals surface area contributed by atoms with E-state index in [0.29, 0.717) is 0 Å². The van der Waals surface area contributed by atoms with Crippen LogP contribution >= 0.6 is 0 Å². The number of fused-ring (bicyclic) bond motifs is 5. The lowest BCUT2D eigenvalue weighted by Crippen LogP contribution is -2.34. The van der Waals surface area contributed by atoms with Crippen LogP contribution in [0.3, 0.4) is 0 Å². The van der Waals surface area contributed by atoms with Gasteiger partial charge in [0.05, 0.1) is 0 Å². The van der Waals surface area contributed by atoms with Gasteiger partial charge in [0.1, 0.15) is 0 Å². The molecule has 1 aromatic heterocycles. The summed E-state index contributed by atoms with van der Waals surface area (Å²) >= 11 is 0. The third kappa shape index (κ3) is 2.60. The number of hydrogen-bond acceptors (Lipinski definition) is 2. The van der Waals surface area contributed by atoms with Crippen LogP contribution in [-0.2, 0) is 13.0 Å². The number of likely N-dealkylation sites (N-methyl/N-ethyl adjacent to an activating group) is 2. The SMILES string of the molecule is CCN(CC)CCn1c2ccccc2c2c3c(ccc21)C(=O)N(C)CC3. The molecule has 0 radical (unpaired) electrons. The molecule has 136 valence electrons. The van der Waals surface area contributed by atoms with Gasteiger partial charge in [-0.25, -0.2) is 0 Å². The minimum Gasteiger partial charge on any atom is -0.341 e. The fraction of sp³-hybridized carbons (Fsp3) is 0.409. The van der Waals surface area contributed by atoms with Crippen molar-refractivity contribution in [3.05, 3.63) is 47.5 Å². The van der Waals surface area contributed by atoms with Crippen LogP contribution in [0.15, 0.2) is 36.4 Å². The average molecular weight is 349 g/mol. The van der Waals surface area contributed by atoms with Gasteiger partial charge in [-0.05, 0) is 43.3 Å². The van der Waals surface area contributed by atoms with Crippen molar-refractivity contribution >= 4 is 27.7 Å². The van der Waals surface area contributed by atoms with E-state index in [9.17, 15) is 4.79 Å². The average Bonchev–Trinajstić information content (AvgIpc) is 3.00. The highest BCUT2D eigenvalue weighted by molar-refractivity contribution is 6.13. The van der Waals surface area contributed by atoms with Crippen molar-refractivity contribution in [3.8, 4) is 0 Å². The van der Waals surface area contributed by atoms with E-state index in [4.69, 9.17) is 0 Å². The lowest BCUT2D eigenvalue weighted by atomic mass is 9.94. The largest absolute Gasteiger partial charge is 0.341 e. The fourth-order valence-corrected chi connectivity index (χ4v) is 4.28. The lowest BCUT2D eigenvalue weighted by Gasteiger charge is -2.25. The molecule has 1 amide bonds. The van der Waals surface area contributed by atoms with E-state index in [-0.39, 0.29) is 5.91 Å². The van der Waals surface area contributed by atoms with Crippen LogP contribution in [-0.4, -0.2) is 53.5 Å². The first kappa shape index (κ1) is 17.1. The van der Waals surface area contributed by atoms with Crippen molar-refractivity contribution in [2.75, 3.05) is 33.2 Å². The van der Waals surface area contributed by atoms with Crippen LogP contribution in [0.25, 0.3) is 21.8 Å². The third-order valence-corrected chi connectivity index (χ3v) is 5.85. The maximum Gasteiger partial charge on any atom is 0.253 e. The molecule has 0 unspecified atom stereocenters. The summed E-state index contributed by atoms with van der Waals surface area (Å²) < 4.78 is 2.44. The lowest BCUT2D eigenvalue weighted by molar-refractivity contribution is 0.0781. The summed E-state index contributed by atoms with van der Waals surface area (Å²) in [7, 11) is 1.89.